The summed E-state index contributed by atoms with van der Waals surface area (Å²) in [5, 5.41) is 3.19. The van der Waals surface area contributed by atoms with Crippen LogP contribution in [0.5, 0.6) is 5.75 Å². The maximum absolute atomic E-state index is 13.2. The highest BCUT2D eigenvalue weighted by Gasteiger charge is 2.12. The maximum atomic E-state index is 13.2. The fourth-order valence-electron chi connectivity index (χ4n) is 1.67. The summed E-state index contributed by atoms with van der Waals surface area (Å²) in [5.74, 6) is -0.151. The number of nitrogens with one attached hydrogen (secondary N) is 1. The zero-order chi connectivity index (χ0) is 13.5. The highest BCUT2D eigenvalue weighted by molar-refractivity contribution is 5.73. The quantitative estimate of drug-likeness (QED) is 0.779. The second kappa shape index (κ2) is 6.96. The van der Waals surface area contributed by atoms with Gasteiger partial charge in [-0.3, -0.25) is 4.79 Å². The predicted octanol–water partition coefficient (Wildman–Crippen LogP) is 1.75. The lowest BCUT2D eigenvalue weighted by molar-refractivity contribution is -0.118. The molecule has 1 unspecified atom stereocenters. The van der Waals surface area contributed by atoms with E-state index in [0.29, 0.717) is 5.75 Å². The third-order valence-electron chi connectivity index (χ3n) is 2.55. The molecule has 0 aliphatic rings. The highest BCUT2D eigenvalue weighted by Crippen LogP contribution is 2.26. The van der Waals surface area contributed by atoms with E-state index in [0.717, 1.165) is 12.1 Å². The Hall–Kier alpha value is -1.62. The Bertz CT molecular complexity index is 410. The highest BCUT2D eigenvalue weighted by atomic mass is 19.1. The van der Waals surface area contributed by atoms with Crippen LogP contribution in [-0.4, -0.2) is 19.1 Å². The molecule has 0 saturated carbocycles. The summed E-state index contributed by atoms with van der Waals surface area (Å²) in [4.78, 5) is 10.6. The Balaban J connectivity index is 2.79. The van der Waals surface area contributed by atoms with Crippen molar-refractivity contribution in [3.63, 3.8) is 0 Å². The third kappa shape index (κ3) is 4.33. The topological polar surface area (TPSA) is 64.3 Å². The van der Waals surface area contributed by atoms with Crippen LogP contribution in [0.1, 0.15) is 31.9 Å². The molecule has 1 atom stereocenters. The smallest absolute Gasteiger partial charge is 0.220 e. The van der Waals surface area contributed by atoms with E-state index in [1.807, 2.05) is 13.8 Å². The SMILES string of the molecule is CCNC(C)c1cc(F)ccc1OCCC(N)=O. The van der Waals surface area contributed by atoms with Gasteiger partial charge in [-0.1, -0.05) is 6.92 Å². The van der Waals surface area contributed by atoms with Crippen LogP contribution in [-0.2, 0) is 4.79 Å². The summed E-state index contributed by atoms with van der Waals surface area (Å²) in [6, 6.07) is 4.32. The molecular weight excluding hydrogens is 235 g/mol. The van der Waals surface area contributed by atoms with Crippen molar-refractivity contribution in [2.24, 2.45) is 5.73 Å². The van der Waals surface area contributed by atoms with Crippen LogP contribution in [0.4, 0.5) is 4.39 Å². The van der Waals surface area contributed by atoms with Crippen molar-refractivity contribution in [3.8, 4) is 5.75 Å². The number of carbonyl (C=O) groups excluding carboxylic acids is 1. The molecule has 0 aliphatic carbocycles. The largest absolute Gasteiger partial charge is 0.493 e. The van der Waals surface area contributed by atoms with Crippen molar-refractivity contribution in [3.05, 3.63) is 29.6 Å². The summed E-state index contributed by atoms with van der Waals surface area (Å²) < 4.78 is 18.7. The van der Waals surface area contributed by atoms with Gasteiger partial charge in [0.1, 0.15) is 11.6 Å². The Morgan fingerprint density at radius 2 is 2.28 bits per heavy atom. The van der Waals surface area contributed by atoms with Crippen molar-refractivity contribution in [1.29, 1.82) is 0 Å². The first kappa shape index (κ1) is 14.4. The molecule has 0 heterocycles. The minimum absolute atomic E-state index is 0.0192. The number of ether oxygens (including phenoxy) is 1. The number of primary amides is 1. The van der Waals surface area contributed by atoms with Crippen LogP contribution in [0.15, 0.2) is 18.2 Å². The first-order valence-electron chi connectivity index (χ1n) is 5.98. The average Bonchev–Trinajstić information content (AvgIpc) is 2.31. The lowest BCUT2D eigenvalue weighted by atomic mass is 10.1. The molecule has 0 spiro atoms. The van der Waals surface area contributed by atoms with Crippen LogP contribution in [0.3, 0.4) is 0 Å². The molecule has 5 heteroatoms. The number of nitrogens with two attached hydrogens (primary N) is 1. The normalized spacial score (nSPS) is 12.2. The zero-order valence-electron chi connectivity index (χ0n) is 10.7. The minimum atomic E-state index is -0.418. The van der Waals surface area contributed by atoms with Gasteiger partial charge < -0.3 is 15.8 Å². The van der Waals surface area contributed by atoms with Crippen molar-refractivity contribution < 1.29 is 13.9 Å². The number of amides is 1. The molecule has 0 radical (unpaired) electrons. The van der Waals surface area contributed by atoms with E-state index in [4.69, 9.17) is 10.5 Å². The number of hydrogen-bond acceptors (Lipinski definition) is 3. The van der Waals surface area contributed by atoms with Crippen molar-refractivity contribution >= 4 is 5.91 Å². The first-order chi connectivity index (χ1) is 8.54. The van der Waals surface area contributed by atoms with E-state index in [-0.39, 0.29) is 24.9 Å². The van der Waals surface area contributed by atoms with Gasteiger partial charge in [0.2, 0.25) is 5.91 Å². The standard InChI is InChI=1S/C13H19FN2O2/c1-3-16-9(2)11-8-10(14)4-5-12(11)18-7-6-13(15)17/h4-5,8-9,16H,3,6-7H2,1-2H3,(H2,15,17). The van der Waals surface area contributed by atoms with Gasteiger partial charge in [0.15, 0.2) is 0 Å². The summed E-state index contributed by atoms with van der Waals surface area (Å²) in [6.07, 6.45) is 0.145. The molecule has 0 bridgehead atoms. The molecule has 0 aromatic heterocycles. The maximum Gasteiger partial charge on any atom is 0.220 e. The number of rotatable bonds is 7. The monoisotopic (exact) mass is 254 g/mol. The molecule has 0 fully saturated rings. The number of carbonyl (C=O) groups is 1. The van der Waals surface area contributed by atoms with Crippen molar-refractivity contribution in [2.75, 3.05) is 13.2 Å². The Labute approximate surface area is 106 Å². The molecule has 1 amide bonds. The van der Waals surface area contributed by atoms with Crippen molar-refractivity contribution in [1.82, 2.24) is 5.32 Å². The fourth-order valence-corrected chi connectivity index (χ4v) is 1.67. The van der Waals surface area contributed by atoms with Crippen LogP contribution in [0.2, 0.25) is 0 Å². The lowest BCUT2D eigenvalue weighted by Crippen LogP contribution is -2.19. The molecule has 100 valence electrons. The predicted molar refractivity (Wildman–Crippen MR) is 67.8 cm³/mol. The summed E-state index contributed by atoms with van der Waals surface area (Å²) >= 11 is 0. The minimum Gasteiger partial charge on any atom is -0.493 e. The van der Waals surface area contributed by atoms with E-state index in [1.54, 1.807) is 6.07 Å². The van der Waals surface area contributed by atoms with Gasteiger partial charge in [-0.2, -0.15) is 0 Å². The molecule has 1 aromatic rings. The zero-order valence-corrected chi connectivity index (χ0v) is 10.7. The van der Waals surface area contributed by atoms with Gasteiger partial charge in [0.05, 0.1) is 13.0 Å². The van der Waals surface area contributed by atoms with Gasteiger partial charge in [-0.05, 0) is 31.7 Å². The molecule has 18 heavy (non-hydrogen) atoms. The molecule has 1 rings (SSSR count). The van der Waals surface area contributed by atoms with Crippen LogP contribution in [0.25, 0.3) is 0 Å². The van der Waals surface area contributed by atoms with Crippen LogP contribution < -0.4 is 15.8 Å². The van der Waals surface area contributed by atoms with E-state index >= 15 is 0 Å². The van der Waals surface area contributed by atoms with Gasteiger partial charge >= 0.3 is 0 Å². The number of hydrogen-bond donors (Lipinski definition) is 2. The molecule has 0 saturated heterocycles. The Kier molecular flexibility index (Phi) is 5.58. The van der Waals surface area contributed by atoms with E-state index < -0.39 is 5.91 Å². The molecule has 3 N–H and O–H groups in total. The number of benzene rings is 1. The lowest BCUT2D eigenvalue weighted by Gasteiger charge is -2.17. The second-order valence-corrected chi connectivity index (χ2v) is 4.03. The molecular formula is C13H19FN2O2. The van der Waals surface area contributed by atoms with E-state index in [2.05, 4.69) is 5.32 Å². The van der Waals surface area contributed by atoms with Crippen molar-refractivity contribution in [2.45, 2.75) is 26.3 Å². The van der Waals surface area contributed by atoms with Gasteiger partial charge in [-0.25, -0.2) is 4.39 Å². The van der Waals surface area contributed by atoms with Gasteiger partial charge in [0.25, 0.3) is 0 Å². The van der Waals surface area contributed by atoms with Crippen LogP contribution in [0, 0.1) is 5.82 Å². The fraction of sp³-hybridized carbons (Fsp3) is 0.462. The van der Waals surface area contributed by atoms with Gasteiger partial charge in [-0.15, -0.1) is 0 Å². The van der Waals surface area contributed by atoms with Gasteiger partial charge in [0, 0.05) is 11.6 Å². The molecule has 0 aliphatic heterocycles. The molecule has 4 nitrogen and oxygen atoms in total. The Morgan fingerprint density at radius 3 is 2.89 bits per heavy atom. The third-order valence-corrected chi connectivity index (χ3v) is 2.55. The number of halogens is 1. The van der Waals surface area contributed by atoms with E-state index in [1.165, 1.54) is 12.1 Å². The summed E-state index contributed by atoms with van der Waals surface area (Å²) in [7, 11) is 0. The van der Waals surface area contributed by atoms with Crippen LogP contribution >= 0.6 is 0 Å². The van der Waals surface area contributed by atoms with E-state index in [9.17, 15) is 9.18 Å². The Morgan fingerprint density at radius 1 is 1.56 bits per heavy atom. The summed E-state index contributed by atoms with van der Waals surface area (Å²) in [5.41, 5.74) is 5.77. The molecule has 1 aromatic carbocycles. The second-order valence-electron chi connectivity index (χ2n) is 4.03. The summed E-state index contributed by atoms with van der Waals surface area (Å²) in [6.45, 7) is 4.88. The first-order valence-corrected chi connectivity index (χ1v) is 5.98. The average molecular weight is 254 g/mol.